The number of hydrogen-bond acceptors (Lipinski definition) is 2. The minimum absolute atomic E-state index is 0.926. The maximum Gasteiger partial charge on any atom is 0.100 e. The summed E-state index contributed by atoms with van der Waals surface area (Å²) in [6.45, 7) is 8.55. The van der Waals surface area contributed by atoms with Gasteiger partial charge in [0.2, 0.25) is 0 Å². The molecule has 3 nitrogen and oxygen atoms in total. The van der Waals surface area contributed by atoms with Gasteiger partial charge >= 0.3 is 0 Å². The highest BCUT2D eigenvalue weighted by molar-refractivity contribution is 5.93. The third-order valence-electron chi connectivity index (χ3n) is 4.23. The first-order valence-corrected chi connectivity index (χ1v) is 8.06. The normalized spacial score (nSPS) is 11.4. The third kappa shape index (κ3) is 2.90. The first-order chi connectivity index (χ1) is 10.8. The largest absolute Gasteiger partial charge is 0.302 e. The molecule has 114 valence electrons. The molecule has 0 saturated heterocycles. The van der Waals surface area contributed by atoms with Crippen LogP contribution in [-0.4, -0.2) is 34.3 Å². The molecule has 0 N–H and O–H groups in total. The molecule has 3 rings (SSSR count). The second-order valence-electron chi connectivity index (χ2n) is 5.48. The van der Waals surface area contributed by atoms with Gasteiger partial charge in [0, 0.05) is 17.5 Å². The number of fused-ring (bicyclic) bond motifs is 1. The molecule has 3 heteroatoms. The van der Waals surface area contributed by atoms with Gasteiger partial charge in [-0.2, -0.15) is 5.10 Å². The van der Waals surface area contributed by atoms with E-state index in [0.29, 0.717) is 0 Å². The Morgan fingerprint density at radius 3 is 2.32 bits per heavy atom. The summed E-state index contributed by atoms with van der Waals surface area (Å²) in [5.41, 5.74) is 3.48. The number of hydrogen-bond donors (Lipinski definition) is 0. The maximum atomic E-state index is 4.89. The topological polar surface area (TPSA) is 21.1 Å². The van der Waals surface area contributed by atoms with Crippen molar-refractivity contribution in [1.82, 2.24) is 14.7 Å². The molecule has 2 aromatic carbocycles. The van der Waals surface area contributed by atoms with E-state index in [1.165, 1.54) is 16.5 Å². The molecule has 0 radical (unpaired) electrons. The van der Waals surface area contributed by atoms with Gasteiger partial charge in [0.25, 0.3) is 0 Å². The predicted molar refractivity (Wildman–Crippen MR) is 93.0 cm³/mol. The minimum Gasteiger partial charge on any atom is -0.302 e. The average Bonchev–Trinajstić information content (AvgIpc) is 2.96. The van der Waals surface area contributed by atoms with Crippen molar-refractivity contribution in [3.63, 3.8) is 0 Å². The van der Waals surface area contributed by atoms with Gasteiger partial charge in [0.1, 0.15) is 5.69 Å². The summed E-state index contributed by atoms with van der Waals surface area (Å²) in [6, 6.07) is 18.9. The fourth-order valence-corrected chi connectivity index (χ4v) is 2.88. The van der Waals surface area contributed by atoms with Crippen LogP contribution in [0.1, 0.15) is 13.8 Å². The van der Waals surface area contributed by atoms with E-state index in [1.54, 1.807) is 0 Å². The van der Waals surface area contributed by atoms with Crippen molar-refractivity contribution >= 4 is 10.9 Å². The lowest BCUT2D eigenvalue weighted by atomic mass is 10.1. The van der Waals surface area contributed by atoms with E-state index >= 15 is 0 Å². The fraction of sp³-hybridized carbons (Fsp3) is 0.316. The van der Waals surface area contributed by atoms with Crippen LogP contribution in [0.5, 0.6) is 0 Å². The van der Waals surface area contributed by atoms with Crippen molar-refractivity contribution in [3.8, 4) is 11.3 Å². The van der Waals surface area contributed by atoms with E-state index in [9.17, 15) is 0 Å². The zero-order valence-corrected chi connectivity index (χ0v) is 13.4. The minimum atomic E-state index is 0.926. The molecular formula is C19H23N3. The summed E-state index contributed by atoms with van der Waals surface area (Å²) in [5.74, 6) is 0. The molecule has 0 aliphatic rings. The first-order valence-electron chi connectivity index (χ1n) is 8.06. The van der Waals surface area contributed by atoms with Crippen LogP contribution in [0.15, 0.2) is 54.6 Å². The number of likely N-dealkylation sites (N-methyl/N-ethyl adjacent to an activating group) is 1. The molecule has 0 aliphatic heterocycles. The van der Waals surface area contributed by atoms with Crippen molar-refractivity contribution in [3.05, 3.63) is 54.6 Å². The van der Waals surface area contributed by atoms with Gasteiger partial charge in [-0.25, -0.2) is 0 Å². The Hall–Kier alpha value is -2.13. The third-order valence-corrected chi connectivity index (χ3v) is 4.23. The molecule has 22 heavy (non-hydrogen) atoms. The van der Waals surface area contributed by atoms with Crippen LogP contribution >= 0.6 is 0 Å². The van der Waals surface area contributed by atoms with Gasteiger partial charge in [-0.1, -0.05) is 62.4 Å². The highest BCUT2D eigenvalue weighted by atomic mass is 15.3. The summed E-state index contributed by atoms with van der Waals surface area (Å²) in [6.07, 6.45) is 0. The van der Waals surface area contributed by atoms with Crippen LogP contribution in [0, 0.1) is 0 Å². The molecule has 0 saturated carbocycles. The molecule has 0 aliphatic carbocycles. The van der Waals surface area contributed by atoms with E-state index in [0.717, 1.165) is 31.9 Å². The van der Waals surface area contributed by atoms with Gasteiger partial charge in [0.05, 0.1) is 12.1 Å². The highest BCUT2D eigenvalue weighted by Crippen LogP contribution is 2.27. The molecule has 0 spiro atoms. The maximum absolute atomic E-state index is 4.89. The molecule has 0 fully saturated rings. The lowest BCUT2D eigenvalue weighted by molar-refractivity contribution is 0.287. The Morgan fingerprint density at radius 2 is 1.59 bits per heavy atom. The van der Waals surface area contributed by atoms with E-state index in [2.05, 4.69) is 72.0 Å². The number of benzene rings is 2. The van der Waals surface area contributed by atoms with Crippen molar-refractivity contribution in [2.24, 2.45) is 0 Å². The standard InChI is InChI=1S/C19H23N3/c1-3-21(4-2)14-15-22-18-13-9-8-12-17(18)19(20-22)16-10-6-5-7-11-16/h5-13H,3-4,14-15H2,1-2H3. The fourth-order valence-electron chi connectivity index (χ4n) is 2.88. The summed E-state index contributed by atoms with van der Waals surface area (Å²) in [5, 5.41) is 6.12. The SMILES string of the molecule is CCN(CC)CCn1nc(-c2ccccc2)c2ccccc21. The Kier molecular flexibility index (Phi) is 4.54. The number of aromatic nitrogens is 2. The second kappa shape index (κ2) is 6.75. The van der Waals surface area contributed by atoms with Gasteiger partial charge in [-0.15, -0.1) is 0 Å². The van der Waals surface area contributed by atoms with Crippen molar-refractivity contribution in [2.45, 2.75) is 20.4 Å². The van der Waals surface area contributed by atoms with Gasteiger partial charge in [-0.3, -0.25) is 4.68 Å². The average molecular weight is 293 g/mol. The molecule has 0 atom stereocenters. The summed E-state index contributed by atoms with van der Waals surface area (Å²) in [4.78, 5) is 2.43. The zero-order valence-electron chi connectivity index (χ0n) is 13.4. The molecule has 0 bridgehead atoms. The Bertz CT molecular complexity index is 727. The summed E-state index contributed by atoms with van der Waals surface area (Å²) in [7, 11) is 0. The van der Waals surface area contributed by atoms with E-state index in [4.69, 9.17) is 5.10 Å². The lowest BCUT2D eigenvalue weighted by Crippen LogP contribution is -2.27. The first kappa shape index (κ1) is 14.8. The molecule has 3 aromatic rings. The number of para-hydroxylation sites is 1. The molecule has 1 aromatic heterocycles. The van der Waals surface area contributed by atoms with Gasteiger partial charge in [-0.05, 0) is 19.2 Å². The molecule has 1 heterocycles. The van der Waals surface area contributed by atoms with Crippen molar-refractivity contribution in [2.75, 3.05) is 19.6 Å². The van der Waals surface area contributed by atoms with Crippen LogP contribution < -0.4 is 0 Å². The second-order valence-corrected chi connectivity index (χ2v) is 5.48. The molecule has 0 unspecified atom stereocenters. The van der Waals surface area contributed by atoms with Gasteiger partial charge in [0.15, 0.2) is 0 Å². The van der Waals surface area contributed by atoms with Crippen LogP contribution in [0.3, 0.4) is 0 Å². The monoisotopic (exact) mass is 293 g/mol. The van der Waals surface area contributed by atoms with Gasteiger partial charge < -0.3 is 4.90 Å². The smallest absolute Gasteiger partial charge is 0.100 e. The Labute approximate surface area is 132 Å². The van der Waals surface area contributed by atoms with Crippen molar-refractivity contribution < 1.29 is 0 Å². The van der Waals surface area contributed by atoms with E-state index < -0.39 is 0 Å². The van der Waals surface area contributed by atoms with Crippen LogP contribution in [0.4, 0.5) is 0 Å². The van der Waals surface area contributed by atoms with Crippen molar-refractivity contribution in [1.29, 1.82) is 0 Å². The highest BCUT2D eigenvalue weighted by Gasteiger charge is 2.12. The Morgan fingerprint density at radius 1 is 0.909 bits per heavy atom. The van der Waals surface area contributed by atoms with E-state index in [1.807, 2.05) is 6.07 Å². The summed E-state index contributed by atoms with van der Waals surface area (Å²) >= 11 is 0. The van der Waals surface area contributed by atoms with E-state index in [-0.39, 0.29) is 0 Å². The lowest BCUT2D eigenvalue weighted by Gasteiger charge is -2.17. The summed E-state index contributed by atoms with van der Waals surface area (Å²) < 4.78 is 2.15. The quantitative estimate of drug-likeness (QED) is 0.684. The predicted octanol–water partition coefficient (Wildman–Crippen LogP) is 4.05. The zero-order chi connectivity index (χ0) is 15.4. The number of rotatable bonds is 6. The Balaban J connectivity index is 1.98. The van der Waals surface area contributed by atoms with Crippen LogP contribution in [0.2, 0.25) is 0 Å². The molecule has 0 amide bonds. The number of nitrogens with zero attached hydrogens (tertiary/aromatic N) is 3. The van der Waals surface area contributed by atoms with Crippen LogP contribution in [0.25, 0.3) is 22.2 Å². The molecular weight excluding hydrogens is 270 g/mol. The van der Waals surface area contributed by atoms with Crippen LogP contribution in [-0.2, 0) is 6.54 Å².